The van der Waals surface area contributed by atoms with Crippen LogP contribution in [-0.2, 0) is 4.79 Å². The van der Waals surface area contributed by atoms with Crippen molar-refractivity contribution in [2.45, 2.75) is 20.8 Å². The number of aryl methyl sites for hydroxylation is 1. The lowest BCUT2D eigenvalue weighted by Gasteiger charge is -2.12. The van der Waals surface area contributed by atoms with Crippen molar-refractivity contribution in [3.8, 4) is 16.9 Å². The summed E-state index contributed by atoms with van der Waals surface area (Å²) in [5.41, 5.74) is 6.27. The van der Waals surface area contributed by atoms with E-state index in [1.165, 1.54) is 0 Å². The number of ether oxygens (including phenoxy) is 1. The van der Waals surface area contributed by atoms with E-state index in [0.29, 0.717) is 12.4 Å². The number of anilines is 1. The molecule has 0 saturated heterocycles. The molecule has 4 nitrogen and oxygen atoms in total. The first-order chi connectivity index (χ1) is 15.5. The number of hydrogen-bond donors (Lipinski definition) is 1. The first kappa shape index (κ1) is 21.9. The maximum absolute atomic E-state index is 12.7. The Bertz CT molecular complexity index is 1310. The second-order valence-corrected chi connectivity index (χ2v) is 8.48. The van der Waals surface area contributed by atoms with E-state index >= 15 is 0 Å². The van der Waals surface area contributed by atoms with Gasteiger partial charge in [0.05, 0.1) is 12.9 Å². The molecule has 0 bridgehead atoms. The minimum Gasteiger partial charge on any atom is -0.493 e. The Kier molecular flexibility index (Phi) is 6.47. The lowest BCUT2D eigenvalue weighted by atomic mass is 9.99. The van der Waals surface area contributed by atoms with Gasteiger partial charge in [0, 0.05) is 38.8 Å². The third kappa shape index (κ3) is 4.63. The molecule has 0 saturated carbocycles. The van der Waals surface area contributed by atoms with Gasteiger partial charge < -0.3 is 14.5 Å². The topological polar surface area (TPSA) is 51.5 Å². The van der Waals surface area contributed by atoms with Gasteiger partial charge in [-0.05, 0) is 61.7 Å². The second kappa shape index (κ2) is 9.45. The molecule has 0 atom stereocenters. The molecule has 1 heterocycles. The molecule has 4 rings (SSSR count). The summed E-state index contributed by atoms with van der Waals surface area (Å²) in [7, 11) is 0. The highest BCUT2D eigenvalue weighted by molar-refractivity contribution is 9.10. The molecule has 4 aromatic rings. The molecule has 5 heteroatoms. The molecule has 3 aromatic carbocycles. The van der Waals surface area contributed by atoms with Crippen molar-refractivity contribution in [2.75, 3.05) is 11.9 Å². The molecule has 0 aliphatic rings. The largest absolute Gasteiger partial charge is 0.493 e. The Morgan fingerprint density at radius 3 is 2.62 bits per heavy atom. The standard InChI is InChI=1S/C27H24BrNO3/c1-4-31-25-15-26-22(23(16-32-26)19-8-6-5-7-9-19)14-21(25)17(2)13-27(30)29-24-11-10-20(28)12-18(24)3/h5-16H,4H2,1-3H3,(H,29,30)/b17-13+. The monoisotopic (exact) mass is 489 g/mol. The average molecular weight is 490 g/mol. The van der Waals surface area contributed by atoms with E-state index in [4.69, 9.17) is 9.15 Å². The quantitative estimate of drug-likeness (QED) is 0.283. The number of rotatable bonds is 6. The van der Waals surface area contributed by atoms with Crippen LogP contribution in [0.3, 0.4) is 0 Å². The van der Waals surface area contributed by atoms with E-state index in [1.54, 1.807) is 12.3 Å². The van der Waals surface area contributed by atoms with Crippen LogP contribution in [0.2, 0.25) is 0 Å². The predicted octanol–water partition coefficient (Wildman–Crippen LogP) is 7.61. The summed E-state index contributed by atoms with van der Waals surface area (Å²) in [5, 5.41) is 3.94. The average Bonchev–Trinajstić information content (AvgIpc) is 3.19. The molecule has 0 spiro atoms. The van der Waals surface area contributed by atoms with E-state index in [-0.39, 0.29) is 5.91 Å². The molecule has 0 unspecified atom stereocenters. The van der Waals surface area contributed by atoms with Gasteiger partial charge in [0.1, 0.15) is 11.3 Å². The molecule has 1 N–H and O–H groups in total. The van der Waals surface area contributed by atoms with Crippen molar-refractivity contribution in [3.05, 3.63) is 88.6 Å². The minimum atomic E-state index is -0.189. The zero-order valence-electron chi connectivity index (χ0n) is 18.2. The maximum Gasteiger partial charge on any atom is 0.248 e. The van der Waals surface area contributed by atoms with Crippen molar-refractivity contribution in [1.82, 2.24) is 0 Å². The van der Waals surface area contributed by atoms with E-state index in [2.05, 4.69) is 33.4 Å². The van der Waals surface area contributed by atoms with Gasteiger partial charge in [0.2, 0.25) is 5.91 Å². The Balaban J connectivity index is 1.72. The zero-order valence-corrected chi connectivity index (χ0v) is 19.8. The van der Waals surface area contributed by atoms with Crippen LogP contribution in [-0.4, -0.2) is 12.5 Å². The number of benzene rings is 3. The predicted molar refractivity (Wildman–Crippen MR) is 134 cm³/mol. The van der Waals surface area contributed by atoms with Crippen molar-refractivity contribution in [2.24, 2.45) is 0 Å². The van der Waals surface area contributed by atoms with Gasteiger partial charge in [-0.25, -0.2) is 0 Å². The fourth-order valence-electron chi connectivity index (χ4n) is 3.69. The molecule has 0 aliphatic carbocycles. The maximum atomic E-state index is 12.7. The molecule has 1 aromatic heterocycles. The van der Waals surface area contributed by atoms with Crippen LogP contribution in [0, 0.1) is 6.92 Å². The van der Waals surface area contributed by atoms with Crippen LogP contribution >= 0.6 is 15.9 Å². The van der Waals surface area contributed by atoms with Crippen molar-refractivity contribution < 1.29 is 13.9 Å². The lowest BCUT2D eigenvalue weighted by molar-refractivity contribution is -0.111. The zero-order chi connectivity index (χ0) is 22.7. The van der Waals surface area contributed by atoms with Crippen LogP contribution in [0.1, 0.15) is 25.0 Å². The number of carbonyl (C=O) groups is 1. The molecule has 32 heavy (non-hydrogen) atoms. The third-order valence-corrected chi connectivity index (χ3v) is 5.77. The van der Waals surface area contributed by atoms with Crippen LogP contribution in [0.4, 0.5) is 5.69 Å². The highest BCUT2D eigenvalue weighted by Gasteiger charge is 2.15. The first-order valence-electron chi connectivity index (χ1n) is 10.5. The number of halogens is 1. The smallest absolute Gasteiger partial charge is 0.248 e. The molecule has 0 fully saturated rings. The van der Waals surface area contributed by atoms with Gasteiger partial charge in [0.25, 0.3) is 0 Å². The molecule has 1 amide bonds. The molecular formula is C27H24BrNO3. The summed E-state index contributed by atoms with van der Waals surface area (Å²) in [6, 6.07) is 19.8. The lowest BCUT2D eigenvalue weighted by Crippen LogP contribution is -2.10. The van der Waals surface area contributed by atoms with E-state index < -0.39 is 0 Å². The Morgan fingerprint density at radius 1 is 1.12 bits per heavy atom. The normalized spacial score (nSPS) is 11.6. The summed E-state index contributed by atoms with van der Waals surface area (Å²) in [6.07, 6.45) is 3.37. The first-order valence-corrected chi connectivity index (χ1v) is 11.2. The summed E-state index contributed by atoms with van der Waals surface area (Å²) >= 11 is 3.45. The van der Waals surface area contributed by atoms with Gasteiger partial charge in [-0.3, -0.25) is 4.79 Å². The number of hydrogen-bond acceptors (Lipinski definition) is 3. The molecule has 162 valence electrons. The summed E-state index contributed by atoms with van der Waals surface area (Å²) in [4.78, 5) is 12.7. The van der Waals surface area contributed by atoms with Gasteiger partial charge in [-0.2, -0.15) is 0 Å². The molecular weight excluding hydrogens is 466 g/mol. The fourth-order valence-corrected chi connectivity index (χ4v) is 4.17. The van der Waals surface area contributed by atoms with Crippen molar-refractivity contribution in [1.29, 1.82) is 0 Å². The molecule has 0 aliphatic heterocycles. The summed E-state index contributed by atoms with van der Waals surface area (Å²) in [6.45, 7) is 6.33. The van der Waals surface area contributed by atoms with Gasteiger partial charge in [-0.1, -0.05) is 46.3 Å². The van der Waals surface area contributed by atoms with Crippen molar-refractivity contribution >= 4 is 44.1 Å². The van der Waals surface area contributed by atoms with Crippen molar-refractivity contribution in [3.63, 3.8) is 0 Å². The van der Waals surface area contributed by atoms with Crippen LogP contribution in [0.25, 0.3) is 27.7 Å². The highest BCUT2D eigenvalue weighted by atomic mass is 79.9. The third-order valence-electron chi connectivity index (χ3n) is 5.28. The summed E-state index contributed by atoms with van der Waals surface area (Å²) < 4.78 is 12.7. The van der Waals surface area contributed by atoms with E-state index in [1.807, 2.05) is 69.3 Å². The number of fused-ring (bicyclic) bond motifs is 1. The van der Waals surface area contributed by atoms with Crippen LogP contribution in [0.5, 0.6) is 5.75 Å². The Labute approximate surface area is 196 Å². The highest BCUT2D eigenvalue weighted by Crippen LogP contribution is 2.37. The van der Waals surface area contributed by atoms with Crippen LogP contribution < -0.4 is 10.1 Å². The Hall–Kier alpha value is -3.31. The van der Waals surface area contributed by atoms with E-state index in [9.17, 15) is 4.79 Å². The number of allylic oxidation sites excluding steroid dienone is 1. The van der Waals surface area contributed by atoms with Crippen LogP contribution in [0.15, 0.2) is 81.9 Å². The number of furan rings is 1. The number of amides is 1. The number of nitrogens with one attached hydrogen (secondary N) is 1. The minimum absolute atomic E-state index is 0.189. The van der Waals surface area contributed by atoms with Gasteiger partial charge in [0.15, 0.2) is 0 Å². The number of carbonyl (C=O) groups excluding carboxylic acids is 1. The van der Waals surface area contributed by atoms with Gasteiger partial charge in [-0.15, -0.1) is 0 Å². The Morgan fingerprint density at radius 2 is 1.91 bits per heavy atom. The fraction of sp³-hybridized carbons (Fsp3) is 0.148. The SMILES string of the molecule is CCOc1cc2occ(-c3ccccc3)c2cc1/C(C)=C/C(=O)Nc1ccc(Br)cc1C. The van der Waals surface area contributed by atoms with E-state index in [0.717, 1.165) is 49.0 Å². The second-order valence-electron chi connectivity index (χ2n) is 7.57. The molecule has 0 radical (unpaired) electrons. The summed E-state index contributed by atoms with van der Waals surface area (Å²) in [5.74, 6) is 0.501. The van der Waals surface area contributed by atoms with Gasteiger partial charge >= 0.3 is 0 Å².